The third-order valence-electron chi connectivity index (χ3n) is 0.851. The van der Waals surface area contributed by atoms with Crippen molar-refractivity contribution in [1.29, 1.82) is 0 Å². The summed E-state index contributed by atoms with van der Waals surface area (Å²) in [6.45, 7) is 7.89. The lowest BCUT2D eigenvalue weighted by Crippen LogP contribution is -2.29. The van der Waals surface area contributed by atoms with Crippen LogP contribution in [0, 0.1) is 0 Å². The molecule has 0 aliphatic carbocycles. The molecule has 54 valence electrons. The lowest BCUT2D eigenvalue weighted by atomic mass is 9.93. The first-order chi connectivity index (χ1) is 3.95. The van der Waals surface area contributed by atoms with Gasteiger partial charge in [0.25, 0.3) is 0 Å². The van der Waals surface area contributed by atoms with E-state index in [0.29, 0.717) is 0 Å². The summed E-state index contributed by atoms with van der Waals surface area (Å²) in [6.07, 6.45) is 0. The minimum Gasteiger partial charge on any atom is -0.414 e. The first-order valence-electron chi connectivity index (χ1n) is 3.16. The molecule has 0 amide bonds. The minimum atomic E-state index is -0.106. The zero-order valence-electron chi connectivity index (χ0n) is 6.89. The van der Waals surface area contributed by atoms with Gasteiger partial charge < -0.3 is 9.31 Å². The topological polar surface area (TPSA) is 18.5 Å². The van der Waals surface area contributed by atoms with E-state index in [9.17, 15) is 0 Å². The Hall–Kier alpha value is -0.0151. The Morgan fingerprint density at radius 1 is 1.22 bits per heavy atom. The van der Waals surface area contributed by atoms with Gasteiger partial charge in [0.1, 0.15) is 0 Å². The third kappa shape index (κ3) is 5.86. The fourth-order valence-corrected chi connectivity index (χ4v) is 0.546. The molecule has 0 aliphatic heterocycles. The quantitative estimate of drug-likeness (QED) is 0.528. The smallest absolute Gasteiger partial charge is 0.414 e. The van der Waals surface area contributed by atoms with Crippen LogP contribution in [0.5, 0.6) is 0 Å². The van der Waals surface area contributed by atoms with E-state index in [-0.39, 0.29) is 12.7 Å². The molecule has 0 unspecified atom stereocenters. The van der Waals surface area contributed by atoms with Crippen LogP contribution < -0.4 is 0 Å². The number of rotatable bonds is 2. The zero-order chi connectivity index (χ0) is 7.49. The molecule has 3 heteroatoms. The van der Waals surface area contributed by atoms with Crippen molar-refractivity contribution < 1.29 is 9.31 Å². The second-order valence-corrected chi connectivity index (χ2v) is 3.03. The van der Waals surface area contributed by atoms with Crippen molar-refractivity contribution in [2.45, 2.75) is 33.2 Å². The van der Waals surface area contributed by atoms with Gasteiger partial charge in [0.15, 0.2) is 0 Å². The molecule has 0 fully saturated rings. The molecule has 0 saturated carbocycles. The van der Waals surface area contributed by atoms with Gasteiger partial charge in [-0.3, -0.25) is 0 Å². The number of hydrogen-bond donors (Lipinski definition) is 0. The van der Waals surface area contributed by atoms with E-state index in [1.807, 2.05) is 27.6 Å². The summed E-state index contributed by atoms with van der Waals surface area (Å²) in [6, 6.07) is 0. The van der Waals surface area contributed by atoms with Crippen LogP contribution in [-0.4, -0.2) is 19.8 Å². The van der Waals surface area contributed by atoms with Crippen molar-refractivity contribution in [2.24, 2.45) is 0 Å². The van der Waals surface area contributed by atoms with E-state index >= 15 is 0 Å². The first kappa shape index (κ1) is 8.98. The molecule has 0 aromatic carbocycles. The fourth-order valence-electron chi connectivity index (χ4n) is 0.546. The van der Waals surface area contributed by atoms with Crippen molar-refractivity contribution >= 4 is 7.12 Å². The van der Waals surface area contributed by atoms with E-state index in [1.54, 1.807) is 7.11 Å². The summed E-state index contributed by atoms with van der Waals surface area (Å²) < 4.78 is 10.3. The molecule has 0 aliphatic rings. The predicted octanol–water partition coefficient (Wildman–Crippen LogP) is 1.57. The Morgan fingerprint density at radius 2 is 1.67 bits per heavy atom. The Balaban J connectivity index is 3.47. The lowest BCUT2D eigenvalue weighted by Gasteiger charge is -2.21. The summed E-state index contributed by atoms with van der Waals surface area (Å²) in [4.78, 5) is 0. The van der Waals surface area contributed by atoms with Crippen LogP contribution in [0.15, 0.2) is 0 Å². The molecule has 0 aromatic rings. The van der Waals surface area contributed by atoms with Gasteiger partial charge in [0, 0.05) is 12.7 Å². The summed E-state index contributed by atoms with van der Waals surface area (Å²) in [7, 11) is 1.53. The molecular formula is C6H15BO2. The fraction of sp³-hybridized carbons (Fsp3) is 1.00. The van der Waals surface area contributed by atoms with Gasteiger partial charge in [0.05, 0.1) is 0 Å². The average molecular weight is 130 g/mol. The van der Waals surface area contributed by atoms with Crippen LogP contribution in [0.1, 0.15) is 20.8 Å². The van der Waals surface area contributed by atoms with Crippen LogP contribution in [0.3, 0.4) is 0 Å². The molecular weight excluding hydrogens is 115 g/mol. The van der Waals surface area contributed by atoms with Gasteiger partial charge in [0.2, 0.25) is 0 Å². The van der Waals surface area contributed by atoms with E-state index in [2.05, 4.69) is 0 Å². The largest absolute Gasteiger partial charge is 0.453 e. The SMILES string of the molecule is COB(C)OC(C)(C)C. The molecule has 0 atom stereocenters. The standard InChI is InChI=1S/C6H15BO2/c1-6(2,3)9-7(4)8-5/h1-5H3. The van der Waals surface area contributed by atoms with Gasteiger partial charge in [-0.15, -0.1) is 0 Å². The molecule has 0 spiro atoms. The average Bonchev–Trinajstić information content (AvgIpc) is 1.62. The molecule has 0 bridgehead atoms. The van der Waals surface area contributed by atoms with Crippen molar-refractivity contribution in [3.63, 3.8) is 0 Å². The Bertz CT molecular complexity index is 77.6. The van der Waals surface area contributed by atoms with Gasteiger partial charge in [-0.1, -0.05) is 0 Å². The summed E-state index contributed by atoms with van der Waals surface area (Å²) in [5.74, 6) is 0. The van der Waals surface area contributed by atoms with Crippen LogP contribution in [-0.2, 0) is 9.31 Å². The highest BCUT2D eigenvalue weighted by molar-refractivity contribution is 6.42. The molecule has 0 heterocycles. The molecule has 0 radical (unpaired) electrons. The van der Waals surface area contributed by atoms with Gasteiger partial charge in [-0.25, -0.2) is 0 Å². The molecule has 9 heavy (non-hydrogen) atoms. The normalized spacial score (nSPS) is 11.7. The van der Waals surface area contributed by atoms with Crippen LogP contribution in [0.25, 0.3) is 0 Å². The summed E-state index contributed by atoms with van der Waals surface area (Å²) in [5, 5.41) is 0. The minimum absolute atomic E-state index is 0.102. The van der Waals surface area contributed by atoms with Crippen molar-refractivity contribution in [1.82, 2.24) is 0 Å². The van der Waals surface area contributed by atoms with Gasteiger partial charge in [-0.2, -0.15) is 0 Å². The second-order valence-electron chi connectivity index (χ2n) is 3.03. The Morgan fingerprint density at radius 3 is 1.78 bits per heavy atom. The molecule has 0 rings (SSSR count). The van der Waals surface area contributed by atoms with Crippen LogP contribution >= 0.6 is 0 Å². The molecule has 0 N–H and O–H groups in total. The molecule has 0 aromatic heterocycles. The highest BCUT2D eigenvalue weighted by Crippen LogP contribution is 2.08. The monoisotopic (exact) mass is 130 g/mol. The summed E-state index contributed by atoms with van der Waals surface area (Å²) >= 11 is 0. The summed E-state index contributed by atoms with van der Waals surface area (Å²) in [5.41, 5.74) is -0.102. The van der Waals surface area contributed by atoms with Crippen molar-refractivity contribution in [3.8, 4) is 0 Å². The zero-order valence-corrected chi connectivity index (χ0v) is 6.89. The van der Waals surface area contributed by atoms with Crippen LogP contribution in [0.4, 0.5) is 0 Å². The highest BCUT2D eigenvalue weighted by atomic mass is 16.6. The lowest BCUT2D eigenvalue weighted by molar-refractivity contribution is 0.0948. The maximum absolute atomic E-state index is 5.36. The molecule has 2 nitrogen and oxygen atoms in total. The maximum atomic E-state index is 5.36. The highest BCUT2D eigenvalue weighted by Gasteiger charge is 2.17. The predicted molar refractivity (Wildman–Crippen MR) is 39.5 cm³/mol. The van der Waals surface area contributed by atoms with E-state index < -0.39 is 0 Å². The van der Waals surface area contributed by atoms with Gasteiger partial charge >= 0.3 is 7.12 Å². The van der Waals surface area contributed by atoms with E-state index in [1.165, 1.54) is 0 Å². The van der Waals surface area contributed by atoms with Crippen LogP contribution in [0.2, 0.25) is 6.82 Å². The van der Waals surface area contributed by atoms with Gasteiger partial charge in [-0.05, 0) is 27.6 Å². The maximum Gasteiger partial charge on any atom is 0.453 e. The first-order valence-corrected chi connectivity index (χ1v) is 3.16. The molecule has 0 saturated heterocycles. The van der Waals surface area contributed by atoms with Crippen molar-refractivity contribution in [3.05, 3.63) is 0 Å². The number of hydrogen-bond acceptors (Lipinski definition) is 2. The Labute approximate surface area is 57.7 Å². The Kier molecular flexibility index (Phi) is 3.22. The van der Waals surface area contributed by atoms with E-state index in [0.717, 1.165) is 0 Å². The van der Waals surface area contributed by atoms with Crippen molar-refractivity contribution in [2.75, 3.05) is 7.11 Å². The second kappa shape index (κ2) is 3.23. The van der Waals surface area contributed by atoms with E-state index in [4.69, 9.17) is 9.31 Å². The third-order valence-corrected chi connectivity index (χ3v) is 0.851.